The van der Waals surface area contributed by atoms with Crippen LogP contribution >= 0.6 is 0 Å². The lowest BCUT2D eigenvalue weighted by molar-refractivity contribution is 0.0697. The second kappa shape index (κ2) is 5.27. The van der Waals surface area contributed by atoms with Crippen LogP contribution < -0.4 is 5.32 Å². The van der Waals surface area contributed by atoms with Crippen molar-refractivity contribution in [2.45, 2.75) is 26.3 Å². The number of carbonyl (C=O) groups excluding carboxylic acids is 1. The van der Waals surface area contributed by atoms with Crippen molar-refractivity contribution in [3.05, 3.63) is 29.6 Å². The molecule has 4 nitrogen and oxygen atoms in total. The van der Waals surface area contributed by atoms with Gasteiger partial charge in [-0.05, 0) is 38.4 Å². The van der Waals surface area contributed by atoms with Crippen LogP contribution in [0.15, 0.2) is 18.3 Å². The maximum Gasteiger partial charge on any atom is 0.273 e. The normalized spacial score (nSPS) is 19.3. The molecule has 1 saturated heterocycles. The number of hydrogen-bond acceptors (Lipinski definition) is 3. The van der Waals surface area contributed by atoms with E-state index in [1.165, 1.54) is 0 Å². The monoisotopic (exact) mass is 233 g/mol. The SMILES string of the molecule is CCN(C(=O)c1ncccc1C)C1CCNC1. The lowest BCUT2D eigenvalue weighted by atomic mass is 10.1. The Hall–Kier alpha value is -1.42. The Bertz CT molecular complexity index is 399. The van der Waals surface area contributed by atoms with Crippen molar-refractivity contribution in [2.75, 3.05) is 19.6 Å². The molecule has 4 heteroatoms. The number of carbonyl (C=O) groups is 1. The van der Waals surface area contributed by atoms with E-state index in [1.54, 1.807) is 6.20 Å². The molecule has 1 aromatic rings. The molecule has 0 saturated carbocycles. The predicted octanol–water partition coefficient (Wildman–Crippen LogP) is 1.21. The lowest BCUT2D eigenvalue weighted by Gasteiger charge is -2.27. The molecule has 92 valence electrons. The average Bonchev–Trinajstić information content (AvgIpc) is 2.84. The zero-order valence-electron chi connectivity index (χ0n) is 10.4. The zero-order valence-corrected chi connectivity index (χ0v) is 10.4. The van der Waals surface area contributed by atoms with Crippen LogP contribution in [-0.2, 0) is 0 Å². The van der Waals surface area contributed by atoms with Crippen molar-refractivity contribution in [3.8, 4) is 0 Å². The van der Waals surface area contributed by atoms with Crippen LogP contribution in [0.5, 0.6) is 0 Å². The summed E-state index contributed by atoms with van der Waals surface area (Å²) < 4.78 is 0. The van der Waals surface area contributed by atoms with Gasteiger partial charge in [0.2, 0.25) is 0 Å². The Balaban J connectivity index is 2.20. The second-order valence-corrected chi connectivity index (χ2v) is 4.41. The van der Waals surface area contributed by atoms with Crippen molar-refractivity contribution in [2.24, 2.45) is 0 Å². The summed E-state index contributed by atoms with van der Waals surface area (Å²) in [5.74, 6) is 0.0549. The van der Waals surface area contributed by atoms with Crippen LogP contribution in [-0.4, -0.2) is 41.5 Å². The molecule has 1 aliphatic heterocycles. The number of likely N-dealkylation sites (N-methyl/N-ethyl adjacent to an activating group) is 1. The Morgan fingerprint density at radius 3 is 3.06 bits per heavy atom. The van der Waals surface area contributed by atoms with E-state index in [0.717, 1.165) is 31.6 Å². The summed E-state index contributed by atoms with van der Waals surface area (Å²) in [5.41, 5.74) is 1.53. The van der Waals surface area contributed by atoms with Gasteiger partial charge in [0.05, 0.1) is 0 Å². The Labute approximate surface area is 102 Å². The third-order valence-corrected chi connectivity index (χ3v) is 3.29. The first-order chi connectivity index (χ1) is 8.24. The van der Waals surface area contributed by atoms with E-state index in [4.69, 9.17) is 0 Å². The molecule has 0 bridgehead atoms. The van der Waals surface area contributed by atoms with Crippen molar-refractivity contribution < 1.29 is 4.79 Å². The van der Waals surface area contributed by atoms with Gasteiger partial charge in [-0.3, -0.25) is 9.78 Å². The van der Waals surface area contributed by atoms with Gasteiger partial charge < -0.3 is 10.2 Å². The molecular weight excluding hydrogens is 214 g/mol. The first kappa shape index (κ1) is 12.0. The summed E-state index contributed by atoms with van der Waals surface area (Å²) >= 11 is 0. The van der Waals surface area contributed by atoms with Crippen molar-refractivity contribution in [1.29, 1.82) is 0 Å². The van der Waals surface area contributed by atoms with Gasteiger partial charge in [0.1, 0.15) is 5.69 Å². The van der Waals surface area contributed by atoms with Gasteiger partial charge in [-0.25, -0.2) is 0 Å². The van der Waals surface area contributed by atoms with Crippen LogP contribution in [0.25, 0.3) is 0 Å². The predicted molar refractivity (Wildman–Crippen MR) is 67.0 cm³/mol. The molecule has 17 heavy (non-hydrogen) atoms. The zero-order chi connectivity index (χ0) is 12.3. The highest BCUT2D eigenvalue weighted by molar-refractivity contribution is 5.93. The Morgan fingerprint density at radius 1 is 1.65 bits per heavy atom. The Morgan fingerprint density at radius 2 is 2.47 bits per heavy atom. The molecule has 0 aromatic carbocycles. The van der Waals surface area contributed by atoms with E-state index in [2.05, 4.69) is 10.3 Å². The van der Waals surface area contributed by atoms with Crippen molar-refractivity contribution >= 4 is 5.91 Å². The van der Waals surface area contributed by atoms with E-state index >= 15 is 0 Å². The fourth-order valence-electron chi connectivity index (χ4n) is 2.32. The number of amides is 1. The number of aryl methyl sites for hydroxylation is 1. The molecule has 2 rings (SSSR count). The highest BCUT2D eigenvalue weighted by Gasteiger charge is 2.27. The minimum Gasteiger partial charge on any atom is -0.333 e. The minimum absolute atomic E-state index is 0.0549. The summed E-state index contributed by atoms with van der Waals surface area (Å²) in [7, 11) is 0. The number of pyridine rings is 1. The maximum absolute atomic E-state index is 12.4. The standard InChI is InChI=1S/C13H19N3O/c1-3-16(11-6-8-14-9-11)13(17)12-10(2)5-4-7-15-12/h4-5,7,11,14H,3,6,8-9H2,1-2H3. The second-order valence-electron chi connectivity index (χ2n) is 4.41. The summed E-state index contributed by atoms with van der Waals surface area (Å²) in [6.07, 6.45) is 2.71. The fraction of sp³-hybridized carbons (Fsp3) is 0.538. The van der Waals surface area contributed by atoms with Gasteiger partial charge in [0.25, 0.3) is 5.91 Å². The molecule has 1 aliphatic rings. The molecule has 1 fully saturated rings. The summed E-state index contributed by atoms with van der Waals surface area (Å²) in [5, 5.41) is 3.29. The van der Waals surface area contributed by atoms with Gasteiger partial charge in [0.15, 0.2) is 0 Å². The largest absolute Gasteiger partial charge is 0.333 e. The number of nitrogens with zero attached hydrogens (tertiary/aromatic N) is 2. The molecule has 1 unspecified atom stereocenters. The van der Waals surface area contributed by atoms with E-state index in [9.17, 15) is 4.79 Å². The Kier molecular flexibility index (Phi) is 3.74. The van der Waals surface area contributed by atoms with E-state index in [-0.39, 0.29) is 5.91 Å². The van der Waals surface area contributed by atoms with Crippen molar-refractivity contribution in [1.82, 2.24) is 15.2 Å². The lowest BCUT2D eigenvalue weighted by Crippen LogP contribution is -2.42. The highest BCUT2D eigenvalue weighted by Crippen LogP contribution is 2.14. The number of rotatable bonds is 3. The summed E-state index contributed by atoms with van der Waals surface area (Å²) in [6.45, 7) is 6.58. The molecular formula is C13H19N3O. The fourth-order valence-corrected chi connectivity index (χ4v) is 2.32. The van der Waals surface area contributed by atoms with E-state index in [1.807, 2.05) is 30.9 Å². The first-order valence-electron chi connectivity index (χ1n) is 6.17. The van der Waals surface area contributed by atoms with Crippen LogP contribution in [0.3, 0.4) is 0 Å². The molecule has 1 atom stereocenters. The minimum atomic E-state index is 0.0549. The smallest absolute Gasteiger partial charge is 0.273 e. The molecule has 2 heterocycles. The van der Waals surface area contributed by atoms with E-state index in [0.29, 0.717) is 11.7 Å². The molecule has 1 amide bonds. The highest BCUT2D eigenvalue weighted by atomic mass is 16.2. The van der Waals surface area contributed by atoms with Crippen LogP contribution in [0, 0.1) is 6.92 Å². The molecule has 0 radical (unpaired) electrons. The quantitative estimate of drug-likeness (QED) is 0.853. The van der Waals surface area contributed by atoms with E-state index < -0.39 is 0 Å². The van der Waals surface area contributed by atoms with Crippen LogP contribution in [0.2, 0.25) is 0 Å². The third kappa shape index (κ3) is 2.47. The van der Waals surface area contributed by atoms with Crippen molar-refractivity contribution in [3.63, 3.8) is 0 Å². The van der Waals surface area contributed by atoms with Gasteiger partial charge in [-0.1, -0.05) is 6.07 Å². The van der Waals surface area contributed by atoms with Gasteiger partial charge in [-0.15, -0.1) is 0 Å². The number of aromatic nitrogens is 1. The van der Waals surface area contributed by atoms with Gasteiger partial charge >= 0.3 is 0 Å². The van der Waals surface area contributed by atoms with Crippen LogP contribution in [0.4, 0.5) is 0 Å². The molecule has 1 N–H and O–H groups in total. The average molecular weight is 233 g/mol. The summed E-state index contributed by atoms with van der Waals surface area (Å²) in [4.78, 5) is 18.6. The molecule has 0 aliphatic carbocycles. The topological polar surface area (TPSA) is 45.2 Å². The maximum atomic E-state index is 12.4. The first-order valence-corrected chi connectivity index (χ1v) is 6.17. The number of nitrogens with one attached hydrogen (secondary N) is 1. The molecule has 1 aromatic heterocycles. The van der Waals surface area contributed by atoms with Gasteiger partial charge in [-0.2, -0.15) is 0 Å². The number of hydrogen-bond donors (Lipinski definition) is 1. The van der Waals surface area contributed by atoms with Gasteiger partial charge in [0, 0.05) is 25.3 Å². The van der Waals surface area contributed by atoms with Crippen LogP contribution in [0.1, 0.15) is 29.4 Å². The summed E-state index contributed by atoms with van der Waals surface area (Å²) in [6, 6.07) is 4.11. The molecule has 0 spiro atoms. The third-order valence-electron chi connectivity index (χ3n) is 3.29.